The fourth-order valence-electron chi connectivity index (χ4n) is 2.75. The Morgan fingerprint density at radius 1 is 1.00 bits per heavy atom. The molecule has 0 spiro atoms. The van der Waals surface area contributed by atoms with Crippen LogP contribution in [0.25, 0.3) is 27.5 Å². The average molecular weight is 304 g/mol. The molecule has 5 nitrogen and oxygen atoms in total. The summed E-state index contributed by atoms with van der Waals surface area (Å²) < 4.78 is 1.55. The second-order valence-electron chi connectivity index (χ2n) is 5.39. The van der Waals surface area contributed by atoms with Gasteiger partial charge in [-0.25, -0.2) is 4.79 Å². The molecule has 0 saturated heterocycles. The summed E-state index contributed by atoms with van der Waals surface area (Å²) in [5.74, 6) is -1.06. The fourth-order valence-corrected chi connectivity index (χ4v) is 2.75. The molecule has 2 heterocycles. The third-order valence-electron chi connectivity index (χ3n) is 3.91. The molecule has 4 rings (SSSR count). The molecular formula is C18H12N2O3. The number of aromatic nitrogens is 2. The molecule has 0 aliphatic carbocycles. The van der Waals surface area contributed by atoms with Crippen LogP contribution in [0.5, 0.6) is 0 Å². The van der Waals surface area contributed by atoms with E-state index in [0.29, 0.717) is 11.2 Å². The normalized spacial score (nSPS) is 11.1. The number of rotatable bonds is 2. The molecular weight excluding hydrogens is 292 g/mol. The Kier molecular flexibility index (Phi) is 2.81. The van der Waals surface area contributed by atoms with Crippen LogP contribution >= 0.6 is 0 Å². The van der Waals surface area contributed by atoms with Gasteiger partial charge in [0.05, 0.1) is 11.3 Å². The number of carboxylic acid groups (broad SMARTS) is 1. The lowest BCUT2D eigenvalue weighted by atomic mass is 10.1. The van der Waals surface area contributed by atoms with Gasteiger partial charge in [0, 0.05) is 18.0 Å². The summed E-state index contributed by atoms with van der Waals surface area (Å²) in [5, 5.41) is 11.2. The van der Waals surface area contributed by atoms with Crippen LogP contribution in [-0.2, 0) is 0 Å². The van der Waals surface area contributed by atoms with E-state index in [1.54, 1.807) is 10.6 Å². The third kappa shape index (κ3) is 2.19. The topological polar surface area (TPSA) is 74.6 Å². The van der Waals surface area contributed by atoms with Crippen LogP contribution < -0.4 is 5.56 Å². The minimum atomic E-state index is -1.06. The number of hydrogen-bond acceptors (Lipinski definition) is 2. The second-order valence-corrected chi connectivity index (χ2v) is 5.39. The number of aromatic carboxylic acids is 1. The van der Waals surface area contributed by atoms with Crippen molar-refractivity contribution < 1.29 is 9.90 Å². The van der Waals surface area contributed by atoms with Gasteiger partial charge in [-0.1, -0.05) is 36.4 Å². The molecule has 23 heavy (non-hydrogen) atoms. The van der Waals surface area contributed by atoms with Crippen molar-refractivity contribution >= 4 is 22.3 Å². The monoisotopic (exact) mass is 304 g/mol. The van der Waals surface area contributed by atoms with Crippen molar-refractivity contribution in [2.45, 2.75) is 0 Å². The third-order valence-corrected chi connectivity index (χ3v) is 3.91. The summed E-state index contributed by atoms with van der Waals surface area (Å²) in [5.41, 5.74) is 1.59. The lowest BCUT2D eigenvalue weighted by Crippen LogP contribution is -2.09. The molecule has 0 amide bonds. The molecule has 5 heteroatoms. The maximum absolute atomic E-state index is 12.2. The average Bonchev–Trinajstić information content (AvgIpc) is 2.99. The van der Waals surface area contributed by atoms with Crippen molar-refractivity contribution in [3.05, 3.63) is 76.8 Å². The van der Waals surface area contributed by atoms with Crippen LogP contribution in [0.2, 0.25) is 0 Å². The molecule has 2 aromatic carbocycles. The summed E-state index contributed by atoms with van der Waals surface area (Å²) in [6, 6.07) is 15.3. The van der Waals surface area contributed by atoms with Crippen molar-refractivity contribution in [2.75, 3.05) is 0 Å². The standard InChI is InChI=1S/C18H12N2O3/c21-17-16-8-14(18(22)23)9-20(16)10-15(19-17)13-6-5-11-3-1-2-4-12(11)7-13/h1-10H,(H,19,21)(H,22,23). The molecule has 0 bridgehead atoms. The van der Waals surface area contributed by atoms with Gasteiger partial charge < -0.3 is 14.5 Å². The van der Waals surface area contributed by atoms with Gasteiger partial charge in [-0.3, -0.25) is 4.79 Å². The Bertz CT molecular complexity index is 1120. The van der Waals surface area contributed by atoms with E-state index in [0.717, 1.165) is 16.3 Å². The Hall–Kier alpha value is -3.34. The van der Waals surface area contributed by atoms with Gasteiger partial charge >= 0.3 is 5.97 Å². The van der Waals surface area contributed by atoms with E-state index in [1.165, 1.54) is 12.3 Å². The smallest absolute Gasteiger partial charge is 0.337 e. The van der Waals surface area contributed by atoms with Crippen molar-refractivity contribution in [1.82, 2.24) is 9.38 Å². The van der Waals surface area contributed by atoms with Gasteiger partial charge in [-0.15, -0.1) is 0 Å². The Balaban J connectivity index is 1.93. The SMILES string of the molecule is O=C(O)c1cc2c(=O)[nH]c(-c3ccc4ccccc4c3)cn2c1. The van der Waals surface area contributed by atoms with Gasteiger partial charge in [0.1, 0.15) is 5.52 Å². The van der Waals surface area contributed by atoms with Crippen LogP contribution in [0.15, 0.2) is 65.7 Å². The molecule has 0 aliphatic rings. The highest BCUT2D eigenvalue weighted by Crippen LogP contribution is 2.22. The van der Waals surface area contributed by atoms with E-state index in [4.69, 9.17) is 5.11 Å². The number of fused-ring (bicyclic) bond motifs is 2. The number of benzene rings is 2. The van der Waals surface area contributed by atoms with Crippen LogP contribution in [0.3, 0.4) is 0 Å². The number of carboxylic acids is 1. The zero-order chi connectivity index (χ0) is 16.0. The largest absolute Gasteiger partial charge is 0.478 e. The zero-order valence-electron chi connectivity index (χ0n) is 12.0. The van der Waals surface area contributed by atoms with Gasteiger partial charge in [-0.2, -0.15) is 0 Å². The highest BCUT2D eigenvalue weighted by molar-refractivity contribution is 5.90. The first-order chi connectivity index (χ1) is 11.1. The van der Waals surface area contributed by atoms with E-state index in [-0.39, 0.29) is 11.1 Å². The second kappa shape index (κ2) is 4.84. The first-order valence-electron chi connectivity index (χ1n) is 7.09. The summed E-state index contributed by atoms with van der Waals surface area (Å²) >= 11 is 0. The molecule has 0 aliphatic heterocycles. The summed E-state index contributed by atoms with van der Waals surface area (Å²) in [6.07, 6.45) is 3.17. The Morgan fingerprint density at radius 2 is 1.78 bits per heavy atom. The molecule has 4 aromatic rings. The van der Waals surface area contributed by atoms with Gasteiger partial charge in [0.2, 0.25) is 0 Å². The quantitative estimate of drug-likeness (QED) is 0.597. The number of carbonyl (C=O) groups is 1. The molecule has 2 aromatic heterocycles. The number of nitrogens with one attached hydrogen (secondary N) is 1. The molecule has 0 atom stereocenters. The van der Waals surface area contributed by atoms with Gasteiger partial charge in [0.15, 0.2) is 0 Å². The first kappa shape index (κ1) is 13.3. The van der Waals surface area contributed by atoms with E-state index in [2.05, 4.69) is 4.98 Å². The Morgan fingerprint density at radius 3 is 2.57 bits per heavy atom. The summed E-state index contributed by atoms with van der Waals surface area (Å²) in [7, 11) is 0. The number of hydrogen-bond donors (Lipinski definition) is 2. The number of nitrogens with zero attached hydrogens (tertiary/aromatic N) is 1. The van der Waals surface area contributed by atoms with Crippen molar-refractivity contribution in [1.29, 1.82) is 0 Å². The maximum atomic E-state index is 12.2. The van der Waals surface area contributed by atoms with Crippen LogP contribution in [0.1, 0.15) is 10.4 Å². The van der Waals surface area contributed by atoms with E-state index in [1.807, 2.05) is 42.5 Å². The van der Waals surface area contributed by atoms with Crippen LogP contribution in [0, 0.1) is 0 Å². The van der Waals surface area contributed by atoms with Crippen molar-refractivity contribution in [3.63, 3.8) is 0 Å². The predicted molar refractivity (Wildman–Crippen MR) is 87.9 cm³/mol. The van der Waals surface area contributed by atoms with Crippen molar-refractivity contribution in [2.24, 2.45) is 0 Å². The zero-order valence-corrected chi connectivity index (χ0v) is 12.0. The molecule has 0 fully saturated rings. The number of aromatic amines is 1. The first-order valence-corrected chi connectivity index (χ1v) is 7.09. The fraction of sp³-hybridized carbons (Fsp3) is 0. The molecule has 0 saturated carbocycles. The highest BCUT2D eigenvalue weighted by Gasteiger charge is 2.10. The van der Waals surface area contributed by atoms with Gasteiger partial charge in [-0.05, 0) is 22.9 Å². The maximum Gasteiger partial charge on any atom is 0.337 e. The molecule has 112 valence electrons. The van der Waals surface area contributed by atoms with Crippen LogP contribution in [-0.4, -0.2) is 20.5 Å². The Labute approximate surface area is 130 Å². The highest BCUT2D eigenvalue weighted by atomic mass is 16.4. The summed E-state index contributed by atoms with van der Waals surface area (Å²) in [4.78, 5) is 26.1. The number of H-pyrrole nitrogens is 1. The van der Waals surface area contributed by atoms with Crippen molar-refractivity contribution in [3.8, 4) is 11.3 Å². The predicted octanol–water partition coefficient (Wildman–Crippen LogP) is 3.15. The molecule has 0 unspecified atom stereocenters. The van der Waals surface area contributed by atoms with Crippen LogP contribution in [0.4, 0.5) is 0 Å². The molecule has 2 N–H and O–H groups in total. The lowest BCUT2D eigenvalue weighted by molar-refractivity contribution is 0.0697. The van der Waals surface area contributed by atoms with Gasteiger partial charge in [0.25, 0.3) is 5.56 Å². The summed E-state index contributed by atoms with van der Waals surface area (Å²) in [6.45, 7) is 0. The minimum Gasteiger partial charge on any atom is -0.478 e. The van der Waals surface area contributed by atoms with E-state index >= 15 is 0 Å². The minimum absolute atomic E-state index is 0.0890. The lowest BCUT2D eigenvalue weighted by Gasteiger charge is -2.05. The van der Waals surface area contributed by atoms with E-state index in [9.17, 15) is 9.59 Å². The molecule has 0 radical (unpaired) electrons. The van der Waals surface area contributed by atoms with E-state index < -0.39 is 5.97 Å².